The molecule has 28 heavy (non-hydrogen) atoms. The Labute approximate surface area is 169 Å². The van der Waals surface area contributed by atoms with Crippen LogP contribution in [0.5, 0.6) is 0 Å². The zero-order valence-corrected chi connectivity index (χ0v) is 17.5. The summed E-state index contributed by atoms with van der Waals surface area (Å²) >= 11 is 0. The van der Waals surface area contributed by atoms with Crippen LogP contribution in [0.2, 0.25) is 0 Å². The second kappa shape index (κ2) is 5.63. The first-order chi connectivity index (χ1) is 13.4. The van der Waals surface area contributed by atoms with Crippen LogP contribution in [-0.4, -0.2) is 42.9 Å². The van der Waals surface area contributed by atoms with Crippen LogP contribution in [0.15, 0.2) is 12.2 Å². The molecule has 0 aromatic heterocycles. The summed E-state index contributed by atoms with van der Waals surface area (Å²) in [5.41, 5.74) is 1.99. The molecule has 6 fully saturated rings. The lowest BCUT2D eigenvalue weighted by atomic mass is 9.38. The van der Waals surface area contributed by atoms with Crippen LogP contribution in [-0.2, 0) is 14.3 Å². The third kappa shape index (κ3) is 1.97. The summed E-state index contributed by atoms with van der Waals surface area (Å²) in [7, 11) is 0. The second-order valence-electron chi connectivity index (χ2n) is 11.2. The molecule has 0 aromatic rings. The van der Waals surface area contributed by atoms with Crippen molar-refractivity contribution in [1.82, 2.24) is 4.90 Å². The van der Waals surface area contributed by atoms with Crippen molar-refractivity contribution >= 4 is 5.97 Å². The highest BCUT2D eigenvalue weighted by Gasteiger charge is 2.73. The van der Waals surface area contributed by atoms with Crippen LogP contribution in [0, 0.1) is 34.0 Å². The SMILES string of the molecule is C=C1C2CCC3C(CCC4C5(C)CCCC43C3OCCN3C5)(C2)C1OC(C)=O. The highest BCUT2D eigenvalue weighted by atomic mass is 16.5. The van der Waals surface area contributed by atoms with Gasteiger partial charge in [0.25, 0.3) is 0 Å². The van der Waals surface area contributed by atoms with Gasteiger partial charge in [0.2, 0.25) is 0 Å². The first kappa shape index (κ1) is 17.9. The van der Waals surface area contributed by atoms with E-state index in [1.807, 2.05) is 0 Å². The van der Waals surface area contributed by atoms with Crippen LogP contribution in [0.4, 0.5) is 0 Å². The van der Waals surface area contributed by atoms with Gasteiger partial charge in [0.15, 0.2) is 0 Å². The van der Waals surface area contributed by atoms with Crippen molar-refractivity contribution in [3.05, 3.63) is 12.2 Å². The van der Waals surface area contributed by atoms with E-state index < -0.39 is 0 Å². The van der Waals surface area contributed by atoms with Gasteiger partial charge in [-0.15, -0.1) is 0 Å². The standard InChI is InChI=1S/C24H35NO3/c1-15-17-5-6-19-23(13-17,20(15)28-16(2)26)10-7-18-22(3)8-4-9-24(18,19)21-25(14-22)11-12-27-21/h17-21H,1,4-14H2,2-3H3. The van der Waals surface area contributed by atoms with Gasteiger partial charge in [0.1, 0.15) is 12.3 Å². The molecule has 4 bridgehead atoms. The average Bonchev–Trinajstić information content (AvgIpc) is 3.18. The average molecular weight is 386 g/mol. The molecule has 2 heterocycles. The molecule has 0 aromatic carbocycles. The Morgan fingerprint density at radius 2 is 2.07 bits per heavy atom. The highest BCUT2D eigenvalue weighted by Crippen LogP contribution is 2.75. The van der Waals surface area contributed by atoms with Crippen LogP contribution < -0.4 is 0 Å². The fourth-order valence-electron chi connectivity index (χ4n) is 9.64. The summed E-state index contributed by atoms with van der Waals surface area (Å²) in [6, 6.07) is 0. The number of esters is 1. The smallest absolute Gasteiger partial charge is 0.303 e. The van der Waals surface area contributed by atoms with Gasteiger partial charge in [-0.25, -0.2) is 0 Å². The van der Waals surface area contributed by atoms with Crippen LogP contribution in [0.25, 0.3) is 0 Å². The van der Waals surface area contributed by atoms with E-state index in [0.717, 1.165) is 19.1 Å². The van der Waals surface area contributed by atoms with Gasteiger partial charge in [-0.3, -0.25) is 9.69 Å². The second-order valence-corrected chi connectivity index (χ2v) is 11.2. The summed E-state index contributed by atoms with van der Waals surface area (Å²) in [4.78, 5) is 14.7. The van der Waals surface area contributed by atoms with E-state index in [-0.39, 0.29) is 29.1 Å². The molecule has 4 heteroatoms. The molecule has 2 aliphatic heterocycles. The van der Waals surface area contributed by atoms with E-state index in [2.05, 4.69) is 18.4 Å². The monoisotopic (exact) mass is 385 g/mol. The molecule has 154 valence electrons. The largest absolute Gasteiger partial charge is 0.457 e. The van der Waals surface area contributed by atoms with Crippen LogP contribution >= 0.6 is 0 Å². The normalized spacial score (nSPS) is 54.6. The lowest BCUT2D eigenvalue weighted by molar-refractivity contribution is -0.277. The number of fused-ring (bicyclic) bond motifs is 2. The summed E-state index contributed by atoms with van der Waals surface area (Å²) in [6.07, 6.45) is 10.4. The summed E-state index contributed by atoms with van der Waals surface area (Å²) in [5, 5.41) is 0. The maximum absolute atomic E-state index is 12.0. The molecule has 4 aliphatic carbocycles. The Balaban J connectivity index is 1.50. The molecule has 8 unspecified atom stereocenters. The minimum absolute atomic E-state index is 0.0669. The zero-order valence-electron chi connectivity index (χ0n) is 17.5. The number of rotatable bonds is 1. The van der Waals surface area contributed by atoms with Gasteiger partial charge in [0.05, 0.1) is 6.61 Å². The first-order valence-electron chi connectivity index (χ1n) is 11.6. The summed E-state index contributed by atoms with van der Waals surface area (Å²) in [5.74, 6) is 1.77. The molecule has 0 amide bonds. The van der Waals surface area contributed by atoms with Crippen LogP contribution in [0.1, 0.15) is 65.2 Å². The third-order valence-corrected chi connectivity index (χ3v) is 10.2. The van der Waals surface area contributed by atoms with Crippen LogP contribution in [0.3, 0.4) is 0 Å². The van der Waals surface area contributed by atoms with Gasteiger partial charge in [-0.05, 0) is 73.7 Å². The predicted molar refractivity (Wildman–Crippen MR) is 106 cm³/mol. The minimum atomic E-state index is -0.137. The molecule has 4 saturated carbocycles. The number of ether oxygens (including phenoxy) is 2. The summed E-state index contributed by atoms with van der Waals surface area (Å²) in [6.45, 7) is 11.8. The van der Waals surface area contributed by atoms with E-state index in [4.69, 9.17) is 9.47 Å². The number of carbonyl (C=O) groups excluding carboxylic acids is 1. The Bertz CT molecular complexity index is 735. The number of piperidine rings is 1. The first-order valence-corrected chi connectivity index (χ1v) is 11.6. The molecule has 2 saturated heterocycles. The van der Waals surface area contributed by atoms with Crippen molar-refractivity contribution in [3.8, 4) is 0 Å². The highest BCUT2D eigenvalue weighted by molar-refractivity contribution is 5.67. The Morgan fingerprint density at radius 3 is 2.89 bits per heavy atom. The molecule has 4 nitrogen and oxygen atoms in total. The van der Waals surface area contributed by atoms with Gasteiger partial charge < -0.3 is 9.47 Å². The Kier molecular flexibility index (Phi) is 3.61. The molecule has 6 rings (SSSR count). The predicted octanol–water partition coefficient (Wildman–Crippen LogP) is 4.15. The number of hydrogen-bond donors (Lipinski definition) is 0. The number of nitrogens with zero attached hydrogens (tertiary/aromatic N) is 1. The van der Waals surface area contributed by atoms with Gasteiger partial charge >= 0.3 is 5.97 Å². The topological polar surface area (TPSA) is 38.8 Å². The van der Waals surface area contributed by atoms with E-state index >= 15 is 0 Å². The number of hydrogen-bond acceptors (Lipinski definition) is 4. The fourth-order valence-corrected chi connectivity index (χ4v) is 9.64. The quantitative estimate of drug-likeness (QED) is 0.502. The lowest BCUT2D eigenvalue weighted by Crippen LogP contribution is -2.71. The summed E-state index contributed by atoms with van der Waals surface area (Å²) < 4.78 is 12.6. The van der Waals surface area contributed by atoms with Crippen molar-refractivity contribution < 1.29 is 14.3 Å². The molecule has 1 spiro atoms. The van der Waals surface area contributed by atoms with Crippen molar-refractivity contribution in [2.75, 3.05) is 19.7 Å². The lowest BCUT2D eigenvalue weighted by Gasteiger charge is -2.70. The Hall–Kier alpha value is -0.870. The van der Waals surface area contributed by atoms with E-state index in [9.17, 15) is 4.79 Å². The minimum Gasteiger partial charge on any atom is -0.457 e. The van der Waals surface area contributed by atoms with Crippen molar-refractivity contribution in [3.63, 3.8) is 0 Å². The maximum atomic E-state index is 12.0. The molecular weight excluding hydrogens is 350 g/mol. The molecule has 6 aliphatic rings. The molecule has 8 atom stereocenters. The van der Waals surface area contributed by atoms with Crippen molar-refractivity contribution in [1.29, 1.82) is 0 Å². The molecule has 0 radical (unpaired) electrons. The van der Waals surface area contributed by atoms with E-state index in [0.29, 0.717) is 17.3 Å². The fraction of sp³-hybridized carbons (Fsp3) is 0.875. The van der Waals surface area contributed by atoms with Crippen molar-refractivity contribution in [2.24, 2.45) is 34.0 Å². The van der Waals surface area contributed by atoms with Gasteiger partial charge in [-0.1, -0.05) is 19.9 Å². The van der Waals surface area contributed by atoms with E-state index in [1.165, 1.54) is 63.5 Å². The van der Waals surface area contributed by atoms with Gasteiger partial charge in [0, 0.05) is 30.8 Å². The van der Waals surface area contributed by atoms with E-state index in [1.54, 1.807) is 6.92 Å². The Morgan fingerprint density at radius 1 is 1.21 bits per heavy atom. The number of carbonyl (C=O) groups is 1. The van der Waals surface area contributed by atoms with Crippen molar-refractivity contribution in [2.45, 2.75) is 77.5 Å². The molecular formula is C24H35NO3. The maximum Gasteiger partial charge on any atom is 0.303 e. The zero-order chi connectivity index (χ0) is 19.3. The van der Waals surface area contributed by atoms with Gasteiger partial charge in [-0.2, -0.15) is 0 Å². The third-order valence-electron chi connectivity index (χ3n) is 10.2. The molecule has 0 N–H and O–H groups in total.